The number of H-pyrrole nitrogens is 1. The Labute approximate surface area is 471 Å². The number of para-hydroxylation sites is 1. The number of carbonyl (C=O) groups excluding carboxylic acids is 10. The highest BCUT2D eigenvalue weighted by Gasteiger charge is 2.38. The summed E-state index contributed by atoms with van der Waals surface area (Å²) in [5, 5.41) is 59.9. The van der Waals surface area contributed by atoms with Crippen LogP contribution in [0.5, 0.6) is 0 Å². The average molecular weight is 1160 g/mol. The molecule has 0 saturated carbocycles. The Morgan fingerprint density at radius 3 is 1.46 bits per heavy atom. The van der Waals surface area contributed by atoms with E-state index >= 15 is 0 Å². The summed E-state index contributed by atoms with van der Waals surface area (Å²) < 4.78 is 0. The fourth-order valence-corrected chi connectivity index (χ4v) is 8.06. The van der Waals surface area contributed by atoms with E-state index in [4.69, 9.17) is 11.5 Å². The maximum Gasteiger partial charge on any atom is 0.326 e. The number of fused-ring (bicyclic) bond motifs is 1. The number of carboxylic acid groups (broad SMARTS) is 4. The quantitative estimate of drug-likeness (QED) is 0.0328. The van der Waals surface area contributed by atoms with Crippen LogP contribution in [0.25, 0.3) is 10.9 Å². The summed E-state index contributed by atoms with van der Waals surface area (Å²) in [6, 6.07) is -7.62. The SMILES string of the molecule is CC[C@H](C)[C@H](N)C(=O)N[C@@H](CC(=O)O)C(=O)N[C@H](C(=O)NCC(=O)N[C@H](C(=O)N[C@@H](CCC(N)=O)C(=O)N[C@H](C(=O)N[C@@H](CC(=O)O)C(=O)N[C@@H](Cc1c[nH]c2ccccc12)C(=O)N[C@@H](CC(=O)O)C(=O)O)C(C)C)[C@@H](C)CC)C(C)C. The second-order valence-electron chi connectivity index (χ2n) is 20.5. The molecule has 454 valence electrons. The van der Waals surface area contributed by atoms with Gasteiger partial charge in [0.15, 0.2) is 0 Å². The maximum atomic E-state index is 14.1. The van der Waals surface area contributed by atoms with Crippen molar-refractivity contribution in [3.63, 3.8) is 0 Å². The molecule has 0 spiro atoms. The summed E-state index contributed by atoms with van der Waals surface area (Å²) in [6.07, 6.45) is -2.06. The Morgan fingerprint density at radius 1 is 0.512 bits per heavy atom. The van der Waals surface area contributed by atoms with Gasteiger partial charge in [-0.15, -0.1) is 0 Å². The van der Waals surface area contributed by atoms with Crippen LogP contribution in [0, 0.1) is 23.7 Å². The van der Waals surface area contributed by atoms with Gasteiger partial charge in [-0.05, 0) is 41.7 Å². The molecule has 0 fully saturated rings. The summed E-state index contributed by atoms with van der Waals surface area (Å²) in [6.45, 7) is 11.9. The Bertz CT molecular complexity index is 2660. The van der Waals surface area contributed by atoms with Crippen LogP contribution < -0.4 is 59.3 Å². The molecule has 0 aliphatic rings. The molecule has 1 heterocycles. The van der Waals surface area contributed by atoms with Crippen LogP contribution in [0.4, 0.5) is 0 Å². The molecule has 18 N–H and O–H groups in total. The fourth-order valence-electron chi connectivity index (χ4n) is 8.06. The lowest BCUT2D eigenvalue weighted by molar-refractivity contribution is -0.147. The third-order valence-electron chi connectivity index (χ3n) is 13.3. The molecule has 0 saturated heterocycles. The van der Waals surface area contributed by atoms with Gasteiger partial charge in [0.2, 0.25) is 59.1 Å². The van der Waals surface area contributed by atoms with Gasteiger partial charge in [-0.3, -0.25) is 62.3 Å². The highest BCUT2D eigenvalue weighted by Crippen LogP contribution is 2.20. The number of amides is 10. The van der Waals surface area contributed by atoms with Crippen molar-refractivity contribution in [1.82, 2.24) is 52.8 Å². The van der Waals surface area contributed by atoms with Gasteiger partial charge in [0.05, 0.1) is 31.8 Å². The Morgan fingerprint density at radius 2 is 0.951 bits per heavy atom. The number of carbonyl (C=O) groups is 14. The molecule has 2 aromatic rings. The zero-order chi connectivity index (χ0) is 62.3. The molecule has 0 aliphatic carbocycles. The van der Waals surface area contributed by atoms with Gasteiger partial charge < -0.3 is 84.7 Å². The highest BCUT2D eigenvalue weighted by molar-refractivity contribution is 6.00. The molecule has 0 unspecified atom stereocenters. The first-order valence-corrected chi connectivity index (χ1v) is 26.5. The van der Waals surface area contributed by atoms with Gasteiger partial charge in [-0.25, -0.2) is 4.79 Å². The van der Waals surface area contributed by atoms with Crippen LogP contribution in [-0.4, -0.2) is 169 Å². The fraction of sp³-hybridized carbons (Fsp3) is 0.577. The number of hydrogen-bond donors (Lipinski definition) is 16. The molecule has 30 nitrogen and oxygen atoms in total. The van der Waals surface area contributed by atoms with Crippen molar-refractivity contribution in [2.45, 2.75) is 161 Å². The molecule has 1 aromatic carbocycles. The summed E-state index contributed by atoms with van der Waals surface area (Å²) in [7, 11) is 0. The number of rotatable bonds is 36. The van der Waals surface area contributed by atoms with E-state index in [1.807, 2.05) is 0 Å². The molecule has 0 bridgehead atoms. The summed E-state index contributed by atoms with van der Waals surface area (Å²) >= 11 is 0. The number of nitrogens with two attached hydrogens (primary N) is 2. The number of benzene rings is 1. The molecular weight excluding hydrogens is 1080 g/mol. The van der Waals surface area contributed by atoms with Crippen LogP contribution in [0.3, 0.4) is 0 Å². The predicted molar refractivity (Wildman–Crippen MR) is 290 cm³/mol. The zero-order valence-corrected chi connectivity index (χ0v) is 46.9. The third-order valence-corrected chi connectivity index (χ3v) is 13.3. The number of aliphatic carboxylic acids is 4. The number of aromatic nitrogens is 1. The second-order valence-corrected chi connectivity index (χ2v) is 20.5. The number of primary amides is 1. The molecule has 10 amide bonds. The van der Waals surface area contributed by atoms with E-state index in [-0.39, 0.29) is 18.8 Å². The Kier molecular flexibility index (Phi) is 28.1. The number of carboxylic acids is 4. The monoisotopic (exact) mass is 1160 g/mol. The molecule has 0 aliphatic heterocycles. The minimum absolute atomic E-state index is 0.253. The average Bonchev–Trinajstić information content (AvgIpc) is 3.88. The van der Waals surface area contributed by atoms with Crippen LogP contribution in [0.1, 0.15) is 106 Å². The minimum Gasteiger partial charge on any atom is -0.481 e. The topological polar surface area (TPSA) is 496 Å². The smallest absolute Gasteiger partial charge is 0.326 e. The van der Waals surface area contributed by atoms with Crippen molar-refractivity contribution in [3.05, 3.63) is 36.0 Å². The van der Waals surface area contributed by atoms with E-state index in [0.717, 1.165) is 0 Å². The lowest BCUT2D eigenvalue weighted by Gasteiger charge is -2.29. The van der Waals surface area contributed by atoms with E-state index in [1.165, 1.54) is 33.9 Å². The van der Waals surface area contributed by atoms with Crippen molar-refractivity contribution in [2.75, 3.05) is 6.54 Å². The second kappa shape index (κ2) is 33.1. The van der Waals surface area contributed by atoms with Crippen LogP contribution in [-0.2, 0) is 73.5 Å². The van der Waals surface area contributed by atoms with E-state index in [9.17, 15) is 87.5 Å². The molecule has 0 radical (unpaired) electrons. The first-order chi connectivity index (χ1) is 38.3. The van der Waals surface area contributed by atoms with Gasteiger partial charge >= 0.3 is 23.9 Å². The van der Waals surface area contributed by atoms with Gasteiger partial charge in [-0.2, -0.15) is 0 Å². The largest absolute Gasteiger partial charge is 0.481 e. The van der Waals surface area contributed by atoms with Crippen molar-refractivity contribution in [1.29, 1.82) is 0 Å². The molecule has 30 heteroatoms. The molecular formula is C52H78N12O18. The third kappa shape index (κ3) is 22.4. The van der Waals surface area contributed by atoms with Crippen LogP contribution in [0.2, 0.25) is 0 Å². The predicted octanol–water partition coefficient (Wildman–Crippen LogP) is -2.79. The number of aromatic amines is 1. The summed E-state index contributed by atoms with van der Waals surface area (Å²) in [5.74, 6) is -19.0. The lowest BCUT2D eigenvalue weighted by atomic mass is 9.97. The standard InChI is InChI=1S/C52H78N12O18/c1-9-25(7)40(54)48(77)59-33(19-38(69)70)47(76)63-41(23(3)4)49(78)56-22-36(66)62-43(26(8)10-2)51(80)57-30(15-16-35(53)65)44(73)64-42(24(5)6)50(79)60-32(18-37(67)68)46(75)58-31(45(74)61-34(52(81)82)20-39(71)72)17-27-21-55-29-14-12-11-13-28(27)29/h11-14,21,23-26,30-34,40-43,55H,9-10,15-20,22,54H2,1-8H3,(H2,53,65)(H,56,78)(H,57,80)(H,58,75)(H,59,77)(H,60,79)(H,61,74)(H,62,66)(H,63,76)(H,64,73)(H,67,68)(H,69,70)(H,71,72)(H,81,82)/t25-,26-,30-,31-,32-,33-,34-,40-,41-,42-,43-/m0/s1. The summed E-state index contributed by atoms with van der Waals surface area (Å²) in [4.78, 5) is 185. The molecule has 11 atom stereocenters. The van der Waals surface area contributed by atoms with Crippen molar-refractivity contribution >= 4 is 93.9 Å². The first kappa shape index (κ1) is 69.4. The summed E-state index contributed by atoms with van der Waals surface area (Å²) in [5.41, 5.74) is 12.4. The van der Waals surface area contributed by atoms with Crippen LogP contribution >= 0.6 is 0 Å². The minimum atomic E-state index is -1.98. The molecule has 82 heavy (non-hydrogen) atoms. The van der Waals surface area contributed by atoms with E-state index in [2.05, 4.69) is 52.8 Å². The number of hydrogen-bond acceptors (Lipinski definition) is 15. The van der Waals surface area contributed by atoms with Crippen molar-refractivity contribution < 1.29 is 87.5 Å². The van der Waals surface area contributed by atoms with Crippen molar-refractivity contribution in [2.24, 2.45) is 35.1 Å². The first-order valence-electron chi connectivity index (χ1n) is 26.5. The van der Waals surface area contributed by atoms with E-state index in [0.29, 0.717) is 22.9 Å². The van der Waals surface area contributed by atoms with Gasteiger partial charge in [-0.1, -0.05) is 86.4 Å². The van der Waals surface area contributed by atoms with Gasteiger partial charge in [0.25, 0.3) is 0 Å². The lowest BCUT2D eigenvalue weighted by Crippen LogP contribution is -2.61. The zero-order valence-electron chi connectivity index (χ0n) is 46.9. The maximum absolute atomic E-state index is 14.1. The Balaban J connectivity index is 2.35. The molecule has 1 aromatic heterocycles. The molecule has 2 rings (SSSR count). The number of nitrogens with one attached hydrogen (secondary N) is 10. The normalized spacial score (nSPS) is 15.2. The van der Waals surface area contributed by atoms with Gasteiger partial charge in [0.1, 0.15) is 48.3 Å². The van der Waals surface area contributed by atoms with Crippen LogP contribution in [0.15, 0.2) is 30.5 Å². The van der Waals surface area contributed by atoms with Crippen molar-refractivity contribution in [3.8, 4) is 0 Å². The van der Waals surface area contributed by atoms with E-state index in [1.54, 1.807) is 52.0 Å². The van der Waals surface area contributed by atoms with Gasteiger partial charge in [0, 0.05) is 29.9 Å². The highest BCUT2D eigenvalue weighted by atomic mass is 16.4. The van der Waals surface area contributed by atoms with E-state index < -0.39 is 194 Å². The Hall–Kier alpha value is -8.70.